The van der Waals surface area contributed by atoms with Crippen molar-refractivity contribution in [2.24, 2.45) is 0 Å². The van der Waals surface area contributed by atoms with E-state index in [1.807, 2.05) is 18.3 Å². The summed E-state index contributed by atoms with van der Waals surface area (Å²) in [4.78, 5) is 9.78. The summed E-state index contributed by atoms with van der Waals surface area (Å²) in [6.07, 6.45) is 1.86. The Hall–Kier alpha value is -8.34. The Bertz CT molecular complexity index is 3600. The van der Waals surface area contributed by atoms with Crippen LogP contribution in [0.5, 0.6) is 0 Å². The normalized spacial score (nSPS) is 11.5. The lowest BCUT2D eigenvalue weighted by Crippen LogP contribution is -1.95. The highest BCUT2D eigenvalue weighted by Crippen LogP contribution is 2.39. The van der Waals surface area contributed by atoms with Crippen LogP contribution >= 0.6 is 0 Å². The minimum Gasteiger partial charge on any atom is -0.309 e. The standard InChI is InChI=1S/C58H38N4/c1-3-12-39(13-4-1)40-22-24-41(25-23-40)43-14-11-15-46(36-43)53-34-35-59-58(60-53)42-26-30-48(31-27-42)62-55-21-10-8-19-50(55)52-38-45(29-33-57(52)62)44-28-32-56-51(37-44)49-18-7-9-20-54(49)61(56)47-16-5-2-6-17-47/h1-38H. The lowest BCUT2D eigenvalue weighted by atomic mass is 9.98. The van der Waals surface area contributed by atoms with Crippen molar-refractivity contribution in [1.29, 1.82) is 0 Å². The topological polar surface area (TPSA) is 35.6 Å². The van der Waals surface area contributed by atoms with Crippen molar-refractivity contribution in [2.45, 2.75) is 0 Å². The highest BCUT2D eigenvalue weighted by atomic mass is 15.0. The van der Waals surface area contributed by atoms with Crippen molar-refractivity contribution in [1.82, 2.24) is 19.1 Å². The Morgan fingerprint density at radius 3 is 1.34 bits per heavy atom. The van der Waals surface area contributed by atoms with Crippen LogP contribution in [0, 0.1) is 0 Å². The SMILES string of the molecule is c1ccc(-c2ccc(-c3cccc(-c4ccnc(-c5ccc(-n6c7ccccc7c7cc(-c8ccc9c(c8)c8ccccc8n9-c8ccccc8)ccc76)cc5)n4)c3)cc2)cc1. The molecule has 0 aliphatic carbocycles. The lowest BCUT2D eigenvalue weighted by Gasteiger charge is -2.11. The van der Waals surface area contributed by atoms with Gasteiger partial charge in [-0.1, -0.05) is 140 Å². The Labute approximate surface area is 359 Å². The molecule has 0 saturated heterocycles. The van der Waals surface area contributed by atoms with Crippen molar-refractivity contribution in [3.8, 4) is 67.4 Å². The van der Waals surface area contributed by atoms with E-state index in [1.165, 1.54) is 65.9 Å². The van der Waals surface area contributed by atoms with Gasteiger partial charge in [0, 0.05) is 50.2 Å². The molecule has 0 aliphatic heterocycles. The molecule has 0 radical (unpaired) electrons. The fourth-order valence-corrected chi connectivity index (χ4v) is 9.20. The number of benzene rings is 9. The van der Waals surface area contributed by atoms with Gasteiger partial charge in [0.1, 0.15) is 0 Å². The van der Waals surface area contributed by atoms with E-state index in [-0.39, 0.29) is 0 Å². The van der Waals surface area contributed by atoms with Crippen LogP contribution in [-0.2, 0) is 0 Å². The first-order chi connectivity index (χ1) is 30.7. The van der Waals surface area contributed by atoms with Gasteiger partial charge in [0.2, 0.25) is 0 Å². The molecule has 4 heteroatoms. The van der Waals surface area contributed by atoms with Crippen LogP contribution in [0.4, 0.5) is 0 Å². The molecule has 0 bridgehead atoms. The zero-order valence-electron chi connectivity index (χ0n) is 33.7. The number of para-hydroxylation sites is 3. The molecule has 0 amide bonds. The minimum absolute atomic E-state index is 0.697. The summed E-state index contributed by atoms with van der Waals surface area (Å²) in [6.45, 7) is 0. The van der Waals surface area contributed by atoms with Crippen LogP contribution < -0.4 is 0 Å². The smallest absolute Gasteiger partial charge is 0.159 e. The van der Waals surface area contributed by atoms with E-state index < -0.39 is 0 Å². The van der Waals surface area contributed by atoms with Crippen LogP contribution in [0.2, 0.25) is 0 Å². The van der Waals surface area contributed by atoms with Crippen molar-refractivity contribution in [3.63, 3.8) is 0 Å². The van der Waals surface area contributed by atoms with Crippen molar-refractivity contribution in [3.05, 3.63) is 231 Å². The van der Waals surface area contributed by atoms with Crippen LogP contribution in [0.25, 0.3) is 111 Å². The quantitative estimate of drug-likeness (QED) is 0.161. The van der Waals surface area contributed by atoms with E-state index in [9.17, 15) is 0 Å². The molecule has 3 heterocycles. The second kappa shape index (κ2) is 14.7. The summed E-state index contributed by atoms with van der Waals surface area (Å²) < 4.78 is 4.73. The van der Waals surface area contributed by atoms with Gasteiger partial charge in [-0.3, -0.25) is 0 Å². The summed E-state index contributed by atoms with van der Waals surface area (Å²) in [5, 5.41) is 4.94. The predicted octanol–water partition coefficient (Wildman–Crippen LogP) is 15.0. The van der Waals surface area contributed by atoms with Crippen LogP contribution in [-0.4, -0.2) is 19.1 Å². The molecule has 0 fully saturated rings. The Balaban J connectivity index is 0.866. The predicted molar refractivity (Wildman–Crippen MR) is 258 cm³/mol. The molecule has 290 valence electrons. The number of fused-ring (bicyclic) bond motifs is 6. The van der Waals surface area contributed by atoms with Gasteiger partial charge in [-0.2, -0.15) is 0 Å². The van der Waals surface area contributed by atoms with Gasteiger partial charge in [-0.25, -0.2) is 9.97 Å². The lowest BCUT2D eigenvalue weighted by molar-refractivity contribution is 1.16. The molecule has 4 nitrogen and oxygen atoms in total. The Morgan fingerprint density at radius 2 is 0.710 bits per heavy atom. The maximum absolute atomic E-state index is 5.07. The van der Waals surface area contributed by atoms with Gasteiger partial charge in [0.25, 0.3) is 0 Å². The molecule has 0 N–H and O–H groups in total. The fraction of sp³-hybridized carbons (Fsp3) is 0. The Morgan fingerprint density at radius 1 is 0.274 bits per heavy atom. The third kappa shape index (κ3) is 6.08. The molecule has 0 saturated carbocycles. The van der Waals surface area contributed by atoms with Gasteiger partial charge in [-0.15, -0.1) is 0 Å². The average Bonchev–Trinajstić information content (AvgIpc) is 3.87. The van der Waals surface area contributed by atoms with Crippen molar-refractivity contribution in [2.75, 3.05) is 0 Å². The first kappa shape index (κ1) is 35.6. The molecule has 9 aromatic carbocycles. The number of rotatable bonds is 7. The molecule has 62 heavy (non-hydrogen) atoms. The molecule has 12 aromatic rings. The third-order valence-corrected chi connectivity index (χ3v) is 12.2. The number of nitrogens with zero attached hydrogens (tertiary/aromatic N) is 4. The van der Waals surface area contributed by atoms with Gasteiger partial charge < -0.3 is 9.13 Å². The highest BCUT2D eigenvalue weighted by Gasteiger charge is 2.17. The molecule has 0 aliphatic rings. The van der Waals surface area contributed by atoms with E-state index in [0.29, 0.717) is 5.82 Å². The molecule has 12 rings (SSSR count). The van der Waals surface area contributed by atoms with E-state index >= 15 is 0 Å². The van der Waals surface area contributed by atoms with Gasteiger partial charge >= 0.3 is 0 Å². The monoisotopic (exact) mass is 790 g/mol. The molecule has 0 atom stereocenters. The largest absolute Gasteiger partial charge is 0.309 e. The number of hydrogen-bond donors (Lipinski definition) is 0. The summed E-state index contributed by atoms with van der Waals surface area (Å²) in [5.41, 5.74) is 17.0. The van der Waals surface area contributed by atoms with E-state index in [2.05, 4.69) is 221 Å². The minimum atomic E-state index is 0.697. The Kier molecular flexibility index (Phi) is 8.46. The maximum Gasteiger partial charge on any atom is 0.159 e. The van der Waals surface area contributed by atoms with E-state index in [1.54, 1.807) is 0 Å². The molecular weight excluding hydrogens is 753 g/mol. The van der Waals surface area contributed by atoms with Crippen molar-refractivity contribution < 1.29 is 0 Å². The van der Waals surface area contributed by atoms with Crippen molar-refractivity contribution >= 4 is 43.6 Å². The molecule has 0 unspecified atom stereocenters. The summed E-state index contributed by atoms with van der Waals surface area (Å²) in [5.74, 6) is 0.697. The summed E-state index contributed by atoms with van der Waals surface area (Å²) >= 11 is 0. The first-order valence-corrected chi connectivity index (χ1v) is 21.1. The number of hydrogen-bond acceptors (Lipinski definition) is 2. The first-order valence-electron chi connectivity index (χ1n) is 21.1. The average molecular weight is 791 g/mol. The zero-order valence-corrected chi connectivity index (χ0v) is 33.7. The van der Waals surface area contributed by atoms with Gasteiger partial charge in [0.15, 0.2) is 5.82 Å². The highest BCUT2D eigenvalue weighted by molar-refractivity contribution is 6.12. The van der Waals surface area contributed by atoms with Crippen LogP contribution in [0.1, 0.15) is 0 Å². The van der Waals surface area contributed by atoms with Crippen LogP contribution in [0.3, 0.4) is 0 Å². The van der Waals surface area contributed by atoms with Gasteiger partial charge in [-0.05, 0) is 118 Å². The van der Waals surface area contributed by atoms with Gasteiger partial charge in [0.05, 0.1) is 27.8 Å². The number of aromatic nitrogens is 4. The third-order valence-electron chi connectivity index (χ3n) is 12.2. The molecule has 3 aromatic heterocycles. The van der Waals surface area contributed by atoms with E-state index in [4.69, 9.17) is 9.97 Å². The second-order valence-electron chi connectivity index (χ2n) is 15.8. The summed E-state index contributed by atoms with van der Waals surface area (Å²) in [6, 6.07) is 80.3. The zero-order chi connectivity index (χ0) is 41.0. The fourth-order valence-electron chi connectivity index (χ4n) is 9.20. The van der Waals surface area contributed by atoms with E-state index in [0.717, 1.165) is 39.3 Å². The molecule has 0 spiro atoms. The summed E-state index contributed by atoms with van der Waals surface area (Å²) in [7, 11) is 0. The van der Waals surface area contributed by atoms with Crippen LogP contribution in [0.15, 0.2) is 231 Å². The maximum atomic E-state index is 5.07. The second-order valence-corrected chi connectivity index (χ2v) is 15.8. The molecular formula is C58H38N4.